The molecule has 0 saturated heterocycles. The highest BCUT2D eigenvalue weighted by Gasteiger charge is 2.34. The maximum absolute atomic E-state index is 14.1. The van der Waals surface area contributed by atoms with Crippen LogP contribution in [-0.2, 0) is 14.3 Å². The van der Waals surface area contributed by atoms with Gasteiger partial charge in [0.25, 0.3) is 5.56 Å². The number of benzene rings is 1. The Morgan fingerprint density at radius 2 is 2.06 bits per heavy atom. The van der Waals surface area contributed by atoms with Crippen LogP contribution in [-0.4, -0.2) is 30.9 Å². The molecule has 0 saturated carbocycles. The number of carbonyl (C=O) groups excluding carboxylic acids is 1. The van der Waals surface area contributed by atoms with E-state index in [2.05, 4.69) is 4.99 Å². The molecule has 3 aromatic rings. The first-order valence-corrected chi connectivity index (χ1v) is 11.2. The smallest absolute Gasteiger partial charge is 0.338 e. The molecule has 0 spiro atoms. The molecule has 1 aromatic carbocycles. The Labute approximate surface area is 185 Å². The van der Waals surface area contributed by atoms with Crippen LogP contribution in [0.1, 0.15) is 23.4 Å². The van der Waals surface area contributed by atoms with Gasteiger partial charge in [0, 0.05) is 17.6 Å². The predicted octanol–water partition coefficient (Wildman–Crippen LogP) is 2.63. The van der Waals surface area contributed by atoms with Crippen LogP contribution in [0.3, 0.4) is 0 Å². The number of rotatable bonds is 6. The molecule has 9 heteroatoms. The summed E-state index contributed by atoms with van der Waals surface area (Å²) in [5.41, 5.74) is 0.776. The number of thiazole rings is 1. The number of fused-ring (bicyclic) bond motifs is 1. The molecule has 1 aliphatic rings. The van der Waals surface area contributed by atoms with Gasteiger partial charge in [-0.15, -0.1) is 11.3 Å². The van der Waals surface area contributed by atoms with Crippen molar-refractivity contribution in [2.45, 2.75) is 13.0 Å². The van der Waals surface area contributed by atoms with E-state index in [1.807, 2.05) is 17.5 Å². The third kappa shape index (κ3) is 4.16. The van der Waals surface area contributed by atoms with Crippen molar-refractivity contribution in [1.82, 2.24) is 4.57 Å². The highest BCUT2D eigenvalue weighted by Crippen LogP contribution is 2.33. The second-order valence-electron chi connectivity index (χ2n) is 6.75. The summed E-state index contributed by atoms with van der Waals surface area (Å²) in [5.74, 6) is -0.957. The second-order valence-corrected chi connectivity index (χ2v) is 8.74. The molecule has 3 heterocycles. The fourth-order valence-electron chi connectivity index (χ4n) is 3.33. The van der Waals surface area contributed by atoms with Crippen LogP contribution in [0.2, 0.25) is 0 Å². The fourth-order valence-corrected chi connectivity index (χ4v) is 5.19. The number of aromatic nitrogens is 1. The number of nitrogens with zero attached hydrogens (tertiary/aromatic N) is 2. The summed E-state index contributed by atoms with van der Waals surface area (Å²) in [4.78, 5) is 32.0. The molecule has 31 heavy (non-hydrogen) atoms. The molecule has 1 aliphatic heterocycles. The van der Waals surface area contributed by atoms with Gasteiger partial charge in [0.1, 0.15) is 18.5 Å². The summed E-state index contributed by atoms with van der Waals surface area (Å²) in [6, 6.07) is 9.32. The standard InChI is InChI=1S/C22H19FN2O4S2/c1-13-18(21(27)29-10-9-28-2)19(16-8-5-11-30-16)25-20(26)17(31-22(25)24-13)12-14-6-3-4-7-15(14)23/h3-8,11-12,19H,9-10H2,1-2H3/b17-12+. The molecule has 0 radical (unpaired) electrons. The van der Waals surface area contributed by atoms with Gasteiger partial charge < -0.3 is 9.47 Å². The summed E-state index contributed by atoms with van der Waals surface area (Å²) >= 11 is 2.60. The third-order valence-electron chi connectivity index (χ3n) is 4.77. The van der Waals surface area contributed by atoms with Crippen LogP contribution in [0.4, 0.5) is 4.39 Å². The Morgan fingerprint density at radius 3 is 2.77 bits per heavy atom. The lowest BCUT2D eigenvalue weighted by molar-refractivity contribution is -0.140. The molecule has 160 valence electrons. The van der Waals surface area contributed by atoms with Crippen LogP contribution in [0.15, 0.2) is 62.8 Å². The lowest BCUT2D eigenvalue weighted by atomic mass is 10.0. The number of halogens is 1. The Hall–Kier alpha value is -2.88. The van der Waals surface area contributed by atoms with Gasteiger partial charge in [0.15, 0.2) is 4.80 Å². The Morgan fingerprint density at radius 1 is 1.26 bits per heavy atom. The number of esters is 1. The summed E-state index contributed by atoms with van der Waals surface area (Å²) in [6.07, 6.45) is 1.51. The van der Waals surface area contributed by atoms with Gasteiger partial charge in [-0.2, -0.15) is 0 Å². The number of allylic oxidation sites excluding steroid dienone is 1. The number of methoxy groups -OCH3 is 1. The molecule has 6 nitrogen and oxygen atoms in total. The third-order valence-corrected chi connectivity index (χ3v) is 6.67. The van der Waals surface area contributed by atoms with E-state index in [0.717, 1.165) is 4.88 Å². The lowest BCUT2D eigenvalue weighted by Crippen LogP contribution is -2.39. The van der Waals surface area contributed by atoms with E-state index in [0.29, 0.717) is 26.2 Å². The van der Waals surface area contributed by atoms with E-state index in [1.54, 1.807) is 25.1 Å². The van der Waals surface area contributed by atoms with Crippen molar-refractivity contribution in [3.63, 3.8) is 0 Å². The highest BCUT2D eigenvalue weighted by molar-refractivity contribution is 7.10. The highest BCUT2D eigenvalue weighted by atomic mass is 32.1. The second kappa shape index (κ2) is 9.09. The molecule has 1 unspecified atom stereocenters. The van der Waals surface area contributed by atoms with Gasteiger partial charge in [-0.05, 0) is 30.5 Å². The predicted molar refractivity (Wildman–Crippen MR) is 117 cm³/mol. The van der Waals surface area contributed by atoms with E-state index >= 15 is 0 Å². The number of hydrogen-bond donors (Lipinski definition) is 0. The van der Waals surface area contributed by atoms with Crippen LogP contribution in [0.25, 0.3) is 6.08 Å². The Balaban J connectivity index is 1.87. The zero-order valence-electron chi connectivity index (χ0n) is 16.8. The van der Waals surface area contributed by atoms with E-state index in [9.17, 15) is 14.0 Å². The van der Waals surface area contributed by atoms with Gasteiger partial charge >= 0.3 is 5.97 Å². The zero-order chi connectivity index (χ0) is 22.0. The molecular weight excluding hydrogens is 439 g/mol. The summed E-state index contributed by atoms with van der Waals surface area (Å²) in [5, 5.41) is 1.88. The average Bonchev–Trinajstić information content (AvgIpc) is 3.38. The van der Waals surface area contributed by atoms with Gasteiger partial charge in [0.2, 0.25) is 0 Å². The minimum atomic E-state index is -0.658. The quantitative estimate of drug-likeness (QED) is 0.421. The number of thiophene rings is 1. The molecule has 0 aliphatic carbocycles. The van der Waals surface area contributed by atoms with Gasteiger partial charge in [0.05, 0.1) is 22.4 Å². The Kier molecular flexibility index (Phi) is 6.26. The molecule has 0 N–H and O–H groups in total. The van der Waals surface area contributed by atoms with Gasteiger partial charge in [-0.25, -0.2) is 14.2 Å². The van der Waals surface area contributed by atoms with E-state index in [1.165, 1.54) is 46.5 Å². The SMILES string of the molecule is COCCOC(=O)C1=C(C)N=c2s/c(=C/c3ccccc3F)c(=O)n2C1c1cccs1. The molecule has 0 bridgehead atoms. The average molecular weight is 459 g/mol. The van der Waals surface area contributed by atoms with Crippen molar-refractivity contribution >= 4 is 34.7 Å². The van der Waals surface area contributed by atoms with Crippen molar-refractivity contribution < 1.29 is 18.7 Å². The van der Waals surface area contributed by atoms with Crippen LogP contribution < -0.4 is 14.9 Å². The molecule has 2 aromatic heterocycles. The monoisotopic (exact) mass is 458 g/mol. The normalized spacial score (nSPS) is 16.2. The number of ether oxygens (including phenoxy) is 2. The summed E-state index contributed by atoms with van der Waals surface area (Å²) in [6.45, 7) is 2.09. The first-order valence-electron chi connectivity index (χ1n) is 9.48. The minimum absolute atomic E-state index is 0.0982. The Bertz CT molecular complexity index is 1320. The molecular formula is C22H19FN2O4S2. The van der Waals surface area contributed by atoms with Crippen LogP contribution in [0.5, 0.6) is 0 Å². The molecule has 0 fully saturated rings. The van der Waals surface area contributed by atoms with Crippen LogP contribution in [0, 0.1) is 5.82 Å². The number of hydrogen-bond acceptors (Lipinski definition) is 7. The van der Waals surface area contributed by atoms with Gasteiger partial charge in [-0.3, -0.25) is 9.36 Å². The van der Waals surface area contributed by atoms with Gasteiger partial charge in [-0.1, -0.05) is 35.6 Å². The fraction of sp³-hybridized carbons (Fsp3) is 0.227. The molecule has 4 rings (SSSR count). The van der Waals surface area contributed by atoms with E-state index < -0.39 is 17.8 Å². The molecule has 1 atom stereocenters. The van der Waals surface area contributed by atoms with Crippen molar-refractivity contribution in [2.24, 2.45) is 4.99 Å². The lowest BCUT2D eigenvalue weighted by Gasteiger charge is -2.23. The minimum Gasteiger partial charge on any atom is -0.460 e. The topological polar surface area (TPSA) is 69.9 Å². The number of carbonyl (C=O) groups is 1. The van der Waals surface area contributed by atoms with Crippen LogP contribution >= 0.6 is 22.7 Å². The zero-order valence-corrected chi connectivity index (χ0v) is 18.5. The van der Waals surface area contributed by atoms with E-state index in [-0.39, 0.29) is 18.8 Å². The largest absolute Gasteiger partial charge is 0.460 e. The van der Waals surface area contributed by atoms with Crippen molar-refractivity contribution in [3.8, 4) is 0 Å². The van der Waals surface area contributed by atoms with Crippen molar-refractivity contribution in [2.75, 3.05) is 20.3 Å². The maximum Gasteiger partial charge on any atom is 0.338 e. The molecule has 0 amide bonds. The first-order chi connectivity index (χ1) is 15.0. The van der Waals surface area contributed by atoms with E-state index in [4.69, 9.17) is 9.47 Å². The summed E-state index contributed by atoms with van der Waals surface area (Å²) < 4.78 is 26.3. The summed E-state index contributed by atoms with van der Waals surface area (Å²) in [7, 11) is 1.52. The van der Waals surface area contributed by atoms with Crippen molar-refractivity contribution in [3.05, 3.63) is 89.0 Å². The van der Waals surface area contributed by atoms with Crippen molar-refractivity contribution in [1.29, 1.82) is 0 Å². The first kappa shape index (κ1) is 21.4. The maximum atomic E-state index is 14.1.